The van der Waals surface area contributed by atoms with Crippen LogP contribution in [0.15, 0.2) is 35.3 Å². The van der Waals surface area contributed by atoms with Gasteiger partial charge in [-0.05, 0) is 37.8 Å². The van der Waals surface area contributed by atoms with E-state index in [1.54, 1.807) is 0 Å². The van der Waals surface area contributed by atoms with Crippen molar-refractivity contribution >= 4 is 29.9 Å². The molecule has 1 aliphatic heterocycles. The molecule has 1 aromatic rings. The van der Waals surface area contributed by atoms with E-state index in [0.29, 0.717) is 5.92 Å². The molecule has 3 rings (SSSR count). The second kappa shape index (κ2) is 12.1. The van der Waals surface area contributed by atoms with E-state index in [0.717, 1.165) is 32.1 Å². The maximum absolute atomic E-state index is 4.94. The van der Waals surface area contributed by atoms with Gasteiger partial charge in [0, 0.05) is 51.2 Å². The Hall–Kier alpha value is -0.860. The second-order valence-electron chi connectivity index (χ2n) is 8.56. The molecule has 1 aliphatic carbocycles. The lowest BCUT2D eigenvalue weighted by molar-refractivity contribution is 0.124. The molecule has 1 saturated carbocycles. The molecule has 1 atom stereocenters. The number of aliphatic imine (C=N–C) groups is 1. The van der Waals surface area contributed by atoms with Gasteiger partial charge in [0.15, 0.2) is 5.96 Å². The molecular formula is C23H40IN5. The third-order valence-corrected chi connectivity index (χ3v) is 6.22. The highest BCUT2D eigenvalue weighted by atomic mass is 127. The van der Waals surface area contributed by atoms with E-state index in [-0.39, 0.29) is 29.4 Å². The molecule has 29 heavy (non-hydrogen) atoms. The maximum atomic E-state index is 4.94. The summed E-state index contributed by atoms with van der Waals surface area (Å²) < 4.78 is 0. The predicted octanol–water partition coefficient (Wildman–Crippen LogP) is 3.16. The van der Waals surface area contributed by atoms with Crippen molar-refractivity contribution in [2.75, 3.05) is 58.9 Å². The molecular weight excluding hydrogens is 473 g/mol. The molecule has 1 unspecified atom stereocenters. The van der Waals surface area contributed by atoms with Crippen molar-refractivity contribution in [3.8, 4) is 0 Å². The number of nitrogens with one attached hydrogen (secondary N) is 2. The second-order valence-corrected chi connectivity index (χ2v) is 8.56. The third kappa shape index (κ3) is 7.40. The first-order valence-electron chi connectivity index (χ1n) is 11.2. The van der Waals surface area contributed by atoms with Crippen LogP contribution in [-0.2, 0) is 5.41 Å². The molecule has 1 heterocycles. The summed E-state index contributed by atoms with van der Waals surface area (Å²) in [6.07, 6.45) is 2.50. The van der Waals surface area contributed by atoms with E-state index in [9.17, 15) is 0 Å². The van der Waals surface area contributed by atoms with Crippen LogP contribution in [0.2, 0.25) is 0 Å². The molecule has 0 amide bonds. The number of piperazine rings is 1. The molecule has 0 bridgehead atoms. The van der Waals surface area contributed by atoms with Crippen molar-refractivity contribution in [1.82, 2.24) is 20.4 Å². The monoisotopic (exact) mass is 513 g/mol. The number of benzene rings is 1. The highest BCUT2D eigenvalue weighted by molar-refractivity contribution is 14.0. The molecule has 1 aromatic carbocycles. The number of likely N-dealkylation sites (N-methyl/N-ethyl adjacent to an activating group) is 1. The summed E-state index contributed by atoms with van der Waals surface area (Å²) in [4.78, 5) is 10.1. The Labute approximate surface area is 194 Å². The molecule has 2 aliphatic rings. The summed E-state index contributed by atoms with van der Waals surface area (Å²) in [5, 5.41) is 7.01. The molecule has 164 valence electrons. The Morgan fingerprint density at radius 3 is 2.28 bits per heavy atom. The van der Waals surface area contributed by atoms with Crippen LogP contribution in [0, 0.1) is 5.92 Å². The number of halogens is 1. The lowest BCUT2D eigenvalue weighted by Gasteiger charge is -2.35. The van der Waals surface area contributed by atoms with Crippen LogP contribution in [0.4, 0.5) is 0 Å². The first-order chi connectivity index (χ1) is 13.6. The minimum Gasteiger partial charge on any atom is -0.357 e. The van der Waals surface area contributed by atoms with Gasteiger partial charge in [0.1, 0.15) is 0 Å². The normalized spacial score (nSPS) is 20.6. The van der Waals surface area contributed by atoms with Gasteiger partial charge in [-0.15, -0.1) is 24.0 Å². The van der Waals surface area contributed by atoms with Crippen LogP contribution >= 0.6 is 24.0 Å². The van der Waals surface area contributed by atoms with Crippen molar-refractivity contribution in [2.24, 2.45) is 10.9 Å². The van der Waals surface area contributed by atoms with Crippen molar-refractivity contribution in [3.05, 3.63) is 35.9 Å². The van der Waals surface area contributed by atoms with Crippen molar-refractivity contribution < 1.29 is 0 Å². The van der Waals surface area contributed by atoms with Gasteiger partial charge >= 0.3 is 0 Å². The van der Waals surface area contributed by atoms with Crippen molar-refractivity contribution in [2.45, 2.75) is 39.0 Å². The average molecular weight is 514 g/mol. The minimum atomic E-state index is 0. The van der Waals surface area contributed by atoms with E-state index in [1.807, 2.05) is 0 Å². The lowest BCUT2D eigenvalue weighted by Crippen LogP contribution is -2.48. The van der Waals surface area contributed by atoms with Crippen LogP contribution < -0.4 is 10.6 Å². The zero-order valence-electron chi connectivity index (χ0n) is 18.5. The molecule has 1 saturated heterocycles. The molecule has 2 N–H and O–H groups in total. The third-order valence-electron chi connectivity index (χ3n) is 6.22. The zero-order valence-corrected chi connectivity index (χ0v) is 20.8. The first-order valence-corrected chi connectivity index (χ1v) is 11.2. The highest BCUT2D eigenvalue weighted by Gasteiger charge is 2.43. The molecule has 0 aromatic heterocycles. The van der Waals surface area contributed by atoms with E-state index >= 15 is 0 Å². The van der Waals surface area contributed by atoms with Gasteiger partial charge in [0.25, 0.3) is 0 Å². The average Bonchev–Trinajstić information content (AvgIpc) is 3.52. The molecule has 0 spiro atoms. The van der Waals surface area contributed by atoms with E-state index in [4.69, 9.17) is 4.99 Å². The smallest absolute Gasteiger partial charge is 0.191 e. The van der Waals surface area contributed by atoms with E-state index in [1.165, 1.54) is 51.1 Å². The van der Waals surface area contributed by atoms with Crippen LogP contribution in [-0.4, -0.2) is 74.7 Å². The Morgan fingerprint density at radius 1 is 1.03 bits per heavy atom. The van der Waals surface area contributed by atoms with Gasteiger partial charge in [-0.1, -0.05) is 44.2 Å². The Morgan fingerprint density at radius 2 is 1.69 bits per heavy atom. The number of rotatable bonds is 9. The van der Waals surface area contributed by atoms with Crippen molar-refractivity contribution in [3.63, 3.8) is 0 Å². The summed E-state index contributed by atoms with van der Waals surface area (Å²) in [6.45, 7) is 16.6. The SMILES string of the molecule is CCNC(=NCC1(c2ccccc2)CC1)NCC(C)CN1CCN(CC)CC1.I. The molecule has 2 fully saturated rings. The van der Waals surface area contributed by atoms with Gasteiger partial charge in [0.2, 0.25) is 0 Å². The van der Waals surface area contributed by atoms with Gasteiger partial charge in [-0.3, -0.25) is 4.99 Å². The zero-order chi connectivity index (χ0) is 19.8. The van der Waals surface area contributed by atoms with Crippen LogP contribution in [0.1, 0.15) is 39.2 Å². The summed E-state index contributed by atoms with van der Waals surface area (Å²) in [5.41, 5.74) is 1.71. The highest BCUT2D eigenvalue weighted by Crippen LogP contribution is 2.48. The fraction of sp³-hybridized carbons (Fsp3) is 0.696. The van der Waals surface area contributed by atoms with Crippen LogP contribution in [0.3, 0.4) is 0 Å². The fourth-order valence-electron chi connectivity index (χ4n) is 4.12. The number of nitrogens with zero attached hydrogens (tertiary/aromatic N) is 3. The Kier molecular flexibility index (Phi) is 10.2. The number of hydrogen-bond donors (Lipinski definition) is 2. The maximum Gasteiger partial charge on any atom is 0.191 e. The van der Waals surface area contributed by atoms with Gasteiger partial charge in [0.05, 0.1) is 6.54 Å². The fourth-order valence-corrected chi connectivity index (χ4v) is 4.12. The quantitative estimate of drug-likeness (QED) is 0.303. The summed E-state index contributed by atoms with van der Waals surface area (Å²) in [6, 6.07) is 10.9. The van der Waals surface area contributed by atoms with Gasteiger partial charge in [-0.2, -0.15) is 0 Å². The number of guanidine groups is 1. The minimum absolute atomic E-state index is 0. The topological polar surface area (TPSA) is 42.9 Å². The predicted molar refractivity (Wildman–Crippen MR) is 134 cm³/mol. The first kappa shape index (κ1) is 24.4. The number of hydrogen-bond acceptors (Lipinski definition) is 3. The van der Waals surface area contributed by atoms with Crippen LogP contribution in [0.5, 0.6) is 0 Å². The van der Waals surface area contributed by atoms with E-state index in [2.05, 4.69) is 71.5 Å². The molecule has 6 heteroatoms. The summed E-state index contributed by atoms with van der Waals surface area (Å²) in [7, 11) is 0. The largest absolute Gasteiger partial charge is 0.357 e. The summed E-state index contributed by atoms with van der Waals surface area (Å²) >= 11 is 0. The summed E-state index contributed by atoms with van der Waals surface area (Å²) in [5.74, 6) is 1.58. The standard InChI is InChI=1S/C23H39N5.HI/c1-4-24-22(26-19-23(11-12-23)21-9-7-6-8-10-21)25-17-20(3)18-28-15-13-27(5-2)14-16-28;/h6-10,20H,4-5,11-19H2,1-3H3,(H2,24,25,26);1H. The lowest BCUT2D eigenvalue weighted by atomic mass is 9.96. The van der Waals surface area contributed by atoms with E-state index < -0.39 is 0 Å². The Bertz CT molecular complexity index is 609. The van der Waals surface area contributed by atoms with Gasteiger partial charge < -0.3 is 20.4 Å². The Balaban J connectivity index is 0.00000300. The molecule has 5 nitrogen and oxygen atoms in total. The molecule has 0 radical (unpaired) electrons. The van der Waals surface area contributed by atoms with Crippen LogP contribution in [0.25, 0.3) is 0 Å². The van der Waals surface area contributed by atoms with Gasteiger partial charge in [-0.25, -0.2) is 0 Å². The van der Waals surface area contributed by atoms with Crippen molar-refractivity contribution in [1.29, 1.82) is 0 Å².